The molecule has 19 heavy (non-hydrogen) atoms. The minimum atomic E-state index is -0.586. The molecule has 0 aromatic carbocycles. The summed E-state index contributed by atoms with van der Waals surface area (Å²) in [6.45, 7) is 8.17. The molecule has 3 aliphatic rings. The topological polar surface area (TPSA) is 46.2 Å². The van der Waals surface area contributed by atoms with Crippen LogP contribution in [0.25, 0.3) is 0 Å². The zero-order valence-corrected chi connectivity index (χ0v) is 13.7. The van der Waals surface area contributed by atoms with Gasteiger partial charge in [-0.05, 0) is 50.3 Å². The first-order valence-electron chi connectivity index (χ1n) is 6.46. The van der Waals surface area contributed by atoms with Crippen molar-refractivity contribution in [2.24, 2.45) is 0 Å². The highest BCUT2D eigenvalue weighted by atomic mass is 127. The molecule has 5 nitrogen and oxygen atoms in total. The lowest BCUT2D eigenvalue weighted by molar-refractivity contribution is -0.187. The van der Waals surface area contributed by atoms with Gasteiger partial charge in [-0.15, -0.1) is 0 Å². The van der Waals surface area contributed by atoms with E-state index < -0.39 is 11.6 Å². The molecule has 0 radical (unpaired) electrons. The maximum absolute atomic E-state index is 5.97. The summed E-state index contributed by atoms with van der Waals surface area (Å²) in [6, 6.07) is 0. The SMILES string of the molecule is CC1(C)O[C@H]2[C@@H]([C@H]3COC(C)(C)O3)O/C(=C\I)[C@H]2O1. The molecule has 3 heterocycles. The lowest BCUT2D eigenvalue weighted by Gasteiger charge is -2.25. The Labute approximate surface area is 126 Å². The molecule has 0 aliphatic carbocycles. The van der Waals surface area contributed by atoms with Gasteiger partial charge in [-0.1, -0.05) is 0 Å². The second-order valence-electron chi connectivity index (χ2n) is 5.98. The summed E-state index contributed by atoms with van der Waals surface area (Å²) < 4.78 is 31.2. The third-order valence-corrected chi connectivity index (χ3v) is 4.12. The van der Waals surface area contributed by atoms with Crippen LogP contribution in [0.2, 0.25) is 0 Å². The second kappa shape index (κ2) is 4.56. The van der Waals surface area contributed by atoms with Crippen LogP contribution in [0.5, 0.6) is 0 Å². The van der Waals surface area contributed by atoms with E-state index in [2.05, 4.69) is 22.6 Å². The molecule has 0 N–H and O–H groups in total. The van der Waals surface area contributed by atoms with Crippen LogP contribution in [0.15, 0.2) is 9.84 Å². The van der Waals surface area contributed by atoms with Crippen molar-refractivity contribution < 1.29 is 23.7 Å². The number of hydrogen-bond acceptors (Lipinski definition) is 5. The average molecular weight is 382 g/mol. The predicted octanol–water partition coefficient (Wildman–Crippen LogP) is 2.33. The Morgan fingerprint density at radius 3 is 2.37 bits per heavy atom. The minimum Gasteiger partial charge on any atom is -0.486 e. The summed E-state index contributed by atoms with van der Waals surface area (Å²) in [7, 11) is 0. The largest absolute Gasteiger partial charge is 0.486 e. The molecule has 108 valence electrons. The third kappa shape index (κ3) is 2.53. The van der Waals surface area contributed by atoms with E-state index in [1.54, 1.807) is 0 Å². The fourth-order valence-corrected chi connectivity index (χ4v) is 3.29. The van der Waals surface area contributed by atoms with Crippen molar-refractivity contribution in [1.82, 2.24) is 0 Å². The van der Waals surface area contributed by atoms with Crippen molar-refractivity contribution in [1.29, 1.82) is 0 Å². The van der Waals surface area contributed by atoms with E-state index in [9.17, 15) is 0 Å². The normalized spacial score (nSPS) is 45.4. The second-order valence-corrected chi connectivity index (χ2v) is 6.60. The number of fused-ring (bicyclic) bond motifs is 1. The Hall–Kier alpha value is 0.110. The van der Waals surface area contributed by atoms with Gasteiger partial charge in [0.2, 0.25) is 0 Å². The molecule has 4 atom stereocenters. The monoisotopic (exact) mass is 382 g/mol. The van der Waals surface area contributed by atoms with Crippen molar-refractivity contribution in [3.63, 3.8) is 0 Å². The van der Waals surface area contributed by atoms with Crippen LogP contribution in [-0.2, 0) is 23.7 Å². The lowest BCUT2D eigenvalue weighted by atomic mass is 10.1. The molecular formula is C13H19IO5. The van der Waals surface area contributed by atoms with E-state index in [1.165, 1.54) is 0 Å². The van der Waals surface area contributed by atoms with Crippen molar-refractivity contribution >= 4 is 22.6 Å². The van der Waals surface area contributed by atoms with E-state index in [4.69, 9.17) is 23.7 Å². The van der Waals surface area contributed by atoms with Gasteiger partial charge in [0.25, 0.3) is 0 Å². The maximum atomic E-state index is 5.97. The molecular weight excluding hydrogens is 363 g/mol. The van der Waals surface area contributed by atoms with Crippen molar-refractivity contribution in [3.8, 4) is 0 Å². The molecule has 3 aliphatic heterocycles. The molecule has 0 bridgehead atoms. The Balaban J connectivity index is 1.80. The summed E-state index contributed by atoms with van der Waals surface area (Å²) in [6.07, 6.45) is -0.605. The Bertz CT molecular complexity index is 406. The molecule has 0 aromatic rings. The fourth-order valence-electron chi connectivity index (χ4n) is 2.79. The molecule has 3 saturated heterocycles. The summed E-state index contributed by atoms with van der Waals surface area (Å²) >= 11 is 2.16. The van der Waals surface area contributed by atoms with Gasteiger partial charge in [0, 0.05) is 4.08 Å². The van der Waals surface area contributed by atoms with E-state index in [1.807, 2.05) is 31.8 Å². The van der Waals surface area contributed by atoms with Crippen LogP contribution in [0, 0.1) is 0 Å². The van der Waals surface area contributed by atoms with Crippen LogP contribution >= 0.6 is 22.6 Å². The molecule has 0 spiro atoms. The summed E-state index contributed by atoms with van der Waals surface area (Å²) in [5.41, 5.74) is 0. The molecule has 0 saturated carbocycles. The standard InChI is InChI=1S/C13H19IO5/c1-12(2)15-6-8(17-12)9-11-10(7(5-14)16-9)18-13(3,4)19-11/h5,8-11H,6H2,1-4H3/b7-5-/t8-,9-,10-,11+/m1/s1. The van der Waals surface area contributed by atoms with Gasteiger partial charge in [0.15, 0.2) is 17.7 Å². The zero-order valence-electron chi connectivity index (χ0n) is 11.5. The highest BCUT2D eigenvalue weighted by Crippen LogP contribution is 2.43. The lowest BCUT2D eigenvalue weighted by Crippen LogP contribution is -2.40. The maximum Gasteiger partial charge on any atom is 0.164 e. The first-order chi connectivity index (χ1) is 8.81. The Kier molecular flexibility index (Phi) is 3.37. The van der Waals surface area contributed by atoms with Crippen LogP contribution in [-0.4, -0.2) is 42.6 Å². The van der Waals surface area contributed by atoms with Crippen LogP contribution in [0.3, 0.4) is 0 Å². The summed E-state index contributed by atoms with van der Waals surface area (Å²) in [5, 5.41) is 0. The smallest absolute Gasteiger partial charge is 0.164 e. The highest BCUT2D eigenvalue weighted by Gasteiger charge is 2.57. The third-order valence-electron chi connectivity index (χ3n) is 3.51. The first-order valence-corrected chi connectivity index (χ1v) is 7.70. The van der Waals surface area contributed by atoms with Gasteiger partial charge in [-0.25, -0.2) is 0 Å². The van der Waals surface area contributed by atoms with Gasteiger partial charge in [0.1, 0.15) is 24.1 Å². The molecule has 3 fully saturated rings. The first kappa shape index (κ1) is 14.1. The number of rotatable bonds is 1. The zero-order chi connectivity index (χ0) is 13.8. The average Bonchev–Trinajstić information content (AvgIpc) is 2.89. The Morgan fingerprint density at radius 1 is 1.05 bits per heavy atom. The van der Waals surface area contributed by atoms with Gasteiger partial charge >= 0.3 is 0 Å². The fraction of sp³-hybridized carbons (Fsp3) is 0.846. The van der Waals surface area contributed by atoms with E-state index in [-0.39, 0.29) is 24.4 Å². The van der Waals surface area contributed by atoms with Crippen LogP contribution in [0.4, 0.5) is 0 Å². The predicted molar refractivity (Wildman–Crippen MR) is 75.7 cm³/mol. The number of halogens is 1. The van der Waals surface area contributed by atoms with Crippen molar-refractivity contribution in [2.45, 2.75) is 63.7 Å². The van der Waals surface area contributed by atoms with Gasteiger partial charge in [-0.3, -0.25) is 0 Å². The quantitative estimate of drug-likeness (QED) is 0.652. The highest BCUT2D eigenvalue weighted by molar-refractivity contribution is 14.1. The number of ether oxygens (including phenoxy) is 5. The molecule has 0 amide bonds. The molecule has 3 rings (SSSR count). The van der Waals surface area contributed by atoms with Crippen LogP contribution in [0.1, 0.15) is 27.7 Å². The Morgan fingerprint density at radius 2 is 1.79 bits per heavy atom. The molecule has 6 heteroatoms. The molecule has 0 aromatic heterocycles. The van der Waals surface area contributed by atoms with E-state index in [0.29, 0.717) is 6.61 Å². The van der Waals surface area contributed by atoms with Gasteiger partial charge in [0.05, 0.1) is 6.61 Å². The van der Waals surface area contributed by atoms with Crippen LogP contribution < -0.4 is 0 Å². The van der Waals surface area contributed by atoms with E-state index in [0.717, 1.165) is 5.76 Å². The molecule has 0 unspecified atom stereocenters. The minimum absolute atomic E-state index is 0.131. The van der Waals surface area contributed by atoms with Crippen molar-refractivity contribution in [2.75, 3.05) is 6.61 Å². The van der Waals surface area contributed by atoms with Gasteiger partial charge in [-0.2, -0.15) is 0 Å². The van der Waals surface area contributed by atoms with Crippen molar-refractivity contribution in [3.05, 3.63) is 9.84 Å². The van der Waals surface area contributed by atoms with Gasteiger partial charge < -0.3 is 23.7 Å². The summed E-state index contributed by atoms with van der Waals surface area (Å²) in [4.78, 5) is 0. The van der Waals surface area contributed by atoms with E-state index >= 15 is 0 Å². The number of hydrogen-bond donors (Lipinski definition) is 0. The summed E-state index contributed by atoms with van der Waals surface area (Å²) in [5.74, 6) is -0.332.